The molecule has 2 heterocycles. The van der Waals surface area contributed by atoms with Crippen molar-refractivity contribution in [1.82, 2.24) is 15.5 Å². The molecule has 1 fully saturated rings. The van der Waals surface area contributed by atoms with Crippen LogP contribution in [0.3, 0.4) is 0 Å². The van der Waals surface area contributed by atoms with Gasteiger partial charge in [0, 0.05) is 11.8 Å². The van der Waals surface area contributed by atoms with Crippen molar-refractivity contribution < 1.29 is 28.7 Å². The standard InChI is InChI=1S/C26H22N4O6/c31-22(28-24(33)27-19-11-12-20-21(15-19)36-14-13-35-20)16-30-23(32)26(29-25(30)34,17-7-3-1-4-8-17)18-9-5-2-6-10-18/h1-12,15H,13-14,16H2,(H,29,34)(H2,27,28,31,33). The quantitative estimate of drug-likeness (QED) is 0.476. The van der Waals surface area contributed by atoms with E-state index in [-0.39, 0.29) is 0 Å². The van der Waals surface area contributed by atoms with Crippen molar-refractivity contribution in [2.45, 2.75) is 5.54 Å². The summed E-state index contributed by atoms with van der Waals surface area (Å²) in [5.74, 6) is -0.414. The van der Waals surface area contributed by atoms with Crippen LogP contribution in [0.25, 0.3) is 0 Å². The molecule has 36 heavy (non-hydrogen) atoms. The fourth-order valence-electron chi connectivity index (χ4n) is 4.25. The van der Waals surface area contributed by atoms with Crippen molar-refractivity contribution in [2.75, 3.05) is 25.1 Å². The van der Waals surface area contributed by atoms with Crippen LogP contribution in [0.1, 0.15) is 11.1 Å². The number of nitrogens with one attached hydrogen (secondary N) is 3. The van der Waals surface area contributed by atoms with Crippen LogP contribution in [0.5, 0.6) is 11.5 Å². The van der Waals surface area contributed by atoms with Crippen molar-refractivity contribution in [1.29, 1.82) is 0 Å². The molecule has 0 radical (unpaired) electrons. The van der Waals surface area contributed by atoms with Crippen LogP contribution in [-0.4, -0.2) is 48.5 Å². The van der Waals surface area contributed by atoms with Crippen molar-refractivity contribution in [3.05, 3.63) is 90.0 Å². The maximum Gasteiger partial charge on any atom is 0.326 e. The lowest BCUT2D eigenvalue weighted by molar-refractivity contribution is -0.133. The largest absolute Gasteiger partial charge is 0.486 e. The first-order valence-electron chi connectivity index (χ1n) is 11.2. The third-order valence-corrected chi connectivity index (χ3v) is 5.87. The first kappa shape index (κ1) is 22.9. The second kappa shape index (κ2) is 9.41. The zero-order valence-electron chi connectivity index (χ0n) is 19.0. The highest BCUT2D eigenvalue weighted by Crippen LogP contribution is 2.36. The summed E-state index contributed by atoms with van der Waals surface area (Å²) in [5.41, 5.74) is -0.0119. The fourth-order valence-corrected chi connectivity index (χ4v) is 4.25. The number of ether oxygens (including phenoxy) is 2. The van der Waals surface area contributed by atoms with Crippen LogP contribution in [0.4, 0.5) is 15.3 Å². The van der Waals surface area contributed by atoms with E-state index < -0.39 is 36.0 Å². The van der Waals surface area contributed by atoms with Crippen molar-refractivity contribution >= 4 is 29.6 Å². The van der Waals surface area contributed by atoms with Crippen LogP contribution in [0.15, 0.2) is 78.9 Å². The molecule has 3 aromatic carbocycles. The molecule has 0 bridgehead atoms. The van der Waals surface area contributed by atoms with E-state index in [9.17, 15) is 19.2 Å². The molecule has 0 spiro atoms. The maximum absolute atomic E-state index is 13.6. The zero-order valence-corrected chi connectivity index (χ0v) is 19.0. The first-order valence-corrected chi connectivity index (χ1v) is 11.2. The summed E-state index contributed by atoms with van der Waals surface area (Å²) in [6.07, 6.45) is 0. The number of rotatable bonds is 5. The molecule has 0 atom stereocenters. The van der Waals surface area contributed by atoms with Crippen LogP contribution in [0, 0.1) is 0 Å². The number of urea groups is 2. The number of nitrogens with zero attached hydrogens (tertiary/aromatic N) is 1. The van der Waals surface area contributed by atoms with Crippen molar-refractivity contribution in [3.63, 3.8) is 0 Å². The van der Waals surface area contributed by atoms with Gasteiger partial charge >= 0.3 is 12.1 Å². The molecular formula is C26H22N4O6. The topological polar surface area (TPSA) is 126 Å². The molecule has 2 aliphatic heterocycles. The van der Waals surface area contributed by atoms with E-state index >= 15 is 0 Å². The van der Waals surface area contributed by atoms with Gasteiger partial charge in [-0.15, -0.1) is 0 Å². The molecule has 0 saturated carbocycles. The number of amides is 6. The van der Waals surface area contributed by atoms with Gasteiger partial charge in [-0.3, -0.25) is 19.8 Å². The SMILES string of the molecule is O=C(CN1C(=O)NC(c2ccccc2)(c2ccccc2)C1=O)NC(=O)Nc1ccc2c(c1)OCCO2. The summed E-state index contributed by atoms with van der Waals surface area (Å²) >= 11 is 0. The second-order valence-electron chi connectivity index (χ2n) is 8.16. The Balaban J connectivity index is 1.30. The Morgan fingerprint density at radius 3 is 2.11 bits per heavy atom. The van der Waals surface area contributed by atoms with E-state index in [1.807, 2.05) is 0 Å². The Morgan fingerprint density at radius 1 is 0.861 bits per heavy atom. The molecule has 3 N–H and O–H groups in total. The molecule has 0 unspecified atom stereocenters. The lowest BCUT2D eigenvalue weighted by atomic mass is 9.82. The lowest BCUT2D eigenvalue weighted by Crippen LogP contribution is -2.47. The van der Waals surface area contributed by atoms with Gasteiger partial charge in [-0.05, 0) is 23.3 Å². The molecule has 2 aliphatic rings. The van der Waals surface area contributed by atoms with Gasteiger partial charge in [0.1, 0.15) is 19.8 Å². The van der Waals surface area contributed by atoms with E-state index in [1.54, 1.807) is 78.9 Å². The molecule has 6 amide bonds. The Kier molecular flexibility index (Phi) is 5.99. The number of hydrogen-bond donors (Lipinski definition) is 3. The van der Waals surface area contributed by atoms with Gasteiger partial charge in [0.15, 0.2) is 17.0 Å². The number of imide groups is 2. The third kappa shape index (κ3) is 4.20. The minimum absolute atomic E-state index is 0.381. The summed E-state index contributed by atoms with van der Waals surface area (Å²) in [4.78, 5) is 52.3. The minimum Gasteiger partial charge on any atom is -0.486 e. The van der Waals surface area contributed by atoms with Crippen LogP contribution >= 0.6 is 0 Å². The summed E-state index contributed by atoms with van der Waals surface area (Å²) in [6.45, 7) is 0.189. The number of benzene rings is 3. The molecule has 0 aliphatic carbocycles. The van der Waals surface area contributed by atoms with Crippen LogP contribution < -0.4 is 25.4 Å². The zero-order chi connectivity index (χ0) is 25.1. The molecular weight excluding hydrogens is 464 g/mol. The van der Waals surface area contributed by atoms with Gasteiger partial charge < -0.3 is 20.1 Å². The fraction of sp³-hybridized carbons (Fsp3) is 0.154. The highest BCUT2D eigenvalue weighted by Gasteiger charge is 2.54. The molecule has 10 heteroatoms. The monoisotopic (exact) mass is 486 g/mol. The summed E-state index contributed by atoms with van der Waals surface area (Å²) in [5, 5.41) is 7.43. The summed E-state index contributed by atoms with van der Waals surface area (Å²) < 4.78 is 10.9. The van der Waals surface area contributed by atoms with E-state index in [0.29, 0.717) is 41.5 Å². The number of hydrogen-bond acceptors (Lipinski definition) is 6. The van der Waals surface area contributed by atoms with E-state index in [2.05, 4.69) is 16.0 Å². The normalized spacial score (nSPS) is 15.7. The Bertz CT molecular complexity index is 1290. The summed E-state index contributed by atoms with van der Waals surface area (Å²) in [6, 6.07) is 20.8. The van der Waals surface area contributed by atoms with Gasteiger partial charge in [0.05, 0.1) is 0 Å². The number of fused-ring (bicyclic) bond motifs is 1. The van der Waals surface area contributed by atoms with Gasteiger partial charge in [-0.1, -0.05) is 60.7 Å². The predicted molar refractivity (Wildman–Crippen MR) is 129 cm³/mol. The maximum atomic E-state index is 13.6. The van der Waals surface area contributed by atoms with E-state index in [1.165, 1.54) is 0 Å². The Hall–Kier alpha value is -4.86. The second-order valence-corrected chi connectivity index (χ2v) is 8.16. The first-order chi connectivity index (χ1) is 17.5. The molecule has 0 aromatic heterocycles. The van der Waals surface area contributed by atoms with Gasteiger partial charge in [0.2, 0.25) is 5.91 Å². The van der Waals surface area contributed by atoms with Gasteiger partial charge in [-0.25, -0.2) is 9.59 Å². The van der Waals surface area contributed by atoms with Crippen LogP contribution in [-0.2, 0) is 15.1 Å². The highest BCUT2D eigenvalue weighted by molar-refractivity contribution is 6.12. The molecule has 5 rings (SSSR count). The smallest absolute Gasteiger partial charge is 0.326 e. The third-order valence-electron chi connectivity index (χ3n) is 5.87. The highest BCUT2D eigenvalue weighted by atomic mass is 16.6. The average molecular weight is 486 g/mol. The number of anilines is 1. The molecule has 182 valence electrons. The molecule has 3 aromatic rings. The van der Waals surface area contributed by atoms with E-state index in [4.69, 9.17) is 9.47 Å². The average Bonchev–Trinajstić information content (AvgIpc) is 3.15. The van der Waals surface area contributed by atoms with Gasteiger partial charge in [0.25, 0.3) is 5.91 Å². The van der Waals surface area contributed by atoms with Gasteiger partial charge in [-0.2, -0.15) is 0 Å². The molecule has 10 nitrogen and oxygen atoms in total. The Labute approximate surface area is 206 Å². The predicted octanol–water partition coefficient (Wildman–Crippen LogP) is 2.60. The summed E-state index contributed by atoms with van der Waals surface area (Å²) in [7, 11) is 0. The van der Waals surface area contributed by atoms with E-state index in [0.717, 1.165) is 4.90 Å². The number of carbonyl (C=O) groups is 4. The number of carbonyl (C=O) groups excluding carboxylic acids is 4. The molecule has 1 saturated heterocycles. The van der Waals surface area contributed by atoms with Crippen molar-refractivity contribution in [2.24, 2.45) is 0 Å². The lowest BCUT2D eigenvalue weighted by Gasteiger charge is -2.27. The Morgan fingerprint density at radius 2 is 1.47 bits per heavy atom. The van der Waals surface area contributed by atoms with Crippen molar-refractivity contribution in [3.8, 4) is 11.5 Å². The minimum atomic E-state index is -1.49. The van der Waals surface area contributed by atoms with Crippen LogP contribution in [0.2, 0.25) is 0 Å².